The zero-order valence-electron chi connectivity index (χ0n) is 21.2. The first-order valence-electron chi connectivity index (χ1n) is 11.7. The van der Waals surface area contributed by atoms with Gasteiger partial charge < -0.3 is 19.1 Å². The van der Waals surface area contributed by atoms with Crippen molar-refractivity contribution in [2.75, 3.05) is 13.2 Å². The average Bonchev–Trinajstić information content (AvgIpc) is 3.12. The third kappa shape index (κ3) is 7.32. The molecule has 0 amide bonds. The SMILES string of the molecule is CC(C)OC(=O)C(C)NP(=O)(OC[C@@]1(CN=[N+]=[N-])OC(n2ccc(=O)[nH]c2=O)[C@H](F)[C@@H]1O)Oc1ccccc1. The summed E-state index contributed by atoms with van der Waals surface area (Å²) in [6.45, 7) is 3.00. The topological polar surface area (TPSA) is 207 Å². The average molecular weight is 570 g/mol. The molecule has 1 saturated heterocycles. The van der Waals surface area contributed by atoms with Crippen molar-refractivity contribution in [2.45, 2.75) is 57.0 Å². The highest BCUT2D eigenvalue weighted by molar-refractivity contribution is 7.52. The van der Waals surface area contributed by atoms with Crippen LogP contribution in [0.4, 0.5) is 4.39 Å². The predicted molar refractivity (Wildman–Crippen MR) is 134 cm³/mol. The minimum absolute atomic E-state index is 0.0794. The van der Waals surface area contributed by atoms with Gasteiger partial charge in [-0.15, -0.1) is 0 Å². The number of carbonyl (C=O) groups is 1. The van der Waals surface area contributed by atoms with E-state index in [0.717, 1.165) is 12.3 Å². The number of carbonyl (C=O) groups excluding carboxylic acids is 1. The minimum Gasteiger partial charge on any atom is -0.462 e. The van der Waals surface area contributed by atoms with E-state index in [1.54, 1.807) is 32.0 Å². The van der Waals surface area contributed by atoms with Crippen LogP contribution in [0.15, 0.2) is 57.3 Å². The van der Waals surface area contributed by atoms with Gasteiger partial charge >= 0.3 is 19.4 Å². The normalized spacial score (nSPS) is 24.9. The largest absolute Gasteiger partial charge is 0.462 e. The molecular weight excluding hydrogens is 542 g/mol. The molecule has 1 aromatic carbocycles. The maximum Gasteiger partial charge on any atom is 0.459 e. The Hall–Kier alpha value is -3.52. The Bertz CT molecular complexity index is 1370. The Morgan fingerprint density at radius 2 is 2.03 bits per heavy atom. The number of aromatic amines is 1. The fraction of sp³-hybridized carbons (Fsp3) is 0.500. The molecule has 212 valence electrons. The van der Waals surface area contributed by atoms with E-state index in [4.69, 9.17) is 24.1 Å². The molecule has 1 aromatic heterocycles. The molecule has 0 aliphatic carbocycles. The van der Waals surface area contributed by atoms with Crippen LogP contribution in [0, 0.1) is 0 Å². The first kappa shape index (κ1) is 30.0. The lowest BCUT2D eigenvalue weighted by Gasteiger charge is -2.32. The van der Waals surface area contributed by atoms with Crippen molar-refractivity contribution in [3.05, 3.63) is 73.9 Å². The van der Waals surface area contributed by atoms with Crippen LogP contribution in [0.25, 0.3) is 10.4 Å². The van der Waals surface area contributed by atoms with Crippen molar-refractivity contribution in [2.24, 2.45) is 5.11 Å². The number of aliphatic hydroxyl groups is 1. The summed E-state index contributed by atoms with van der Waals surface area (Å²) in [4.78, 5) is 40.6. The smallest absolute Gasteiger partial charge is 0.459 e. The van der Waals surface area contributed by atoms with Crippen molar-refractivity contribution in [3.63, 3.8) is 0 Å². The Labute approximate surface area is 221 Å². The number of rotatable bonds is 12. The number of hydrogen-bond acceptors (Lipinski definition) is 10. The van der Waals surface area contributed by atoms with E-state index in [-0.39, 0.29) is 5.75 Å². The molecule has 39 heavy (non-hydrogen) atoms. The second-order valence-corrected chi connectivity index (χ2v) is 10.6. The van der Waals surface area contributed by atoms with Gasteiger partial charge in [-0.05, 0) is 38.4 Å². The maximum absolute atomic E-state index is 15.3. The fourth-order valence-corrected chi connectivity index (χ4v) is 5.18. The van der Waals surface area contributed by atoms with Crippen LogP contribution >= 0.6 is 7.75 Å². The van der Waals surface area contributed by atoms with Crippen molar-refractivity contribution in [1.29, 1.82) is 0 Å². The summed E-state index contributed by atoms with van der Waals surface area (Å²) in [5.41, 5.74) is 4.94. The molecule has 1 fully saturated rings. The van der Waals surface area contributed by atoms with Gasteiger partial charge in [0.05, 0.1) is 19.3 Å². The van der Waals surface area contributed by atoms with E-state index < -0.39 is 74.4 Å². The Kier molecular flexibility index (Phi) is 9.67. The number of nitrogens with zero attached hydrogens (tertiary/aromatic N) is 4. The van der Waals surface area contributed by atoms with Gasteiger partial charge in [-0.25, -0.2) is 13.8 Å². The van der Waals surface area contributed by atoms with Crippen molar-refractivity contribution in [1.82, 2.24) is 14.6 Å². The van der Waals surface area contributed by atoms with Crippen LogP contribution in [0.1, 0.15) is 27.0 Å². The highest BCUT2D eigenvalue weighted by Gasteiger charge is 2.57. The molecule has 0 saturated carbocycles. The molecule has 3 N–H and O–H groups in total. The van der Waals surface area contributed by atoms with E-state index in [1.807, 2.05) is 4.98 Å². The predicted octanol–water partition coefficient (Wildman–Crippen LogP) is 1.95. The molecule has 3 rings (SSSR count). The van der Waals surface area contributed by atoms with Gasteiger partial charge in [-0.3, -0.25) is 23.7 Å². The van der Waals surface area contributed by atoms with Gasteiger partial charge in [0.1, 0.15) is 23.5 Å². The standard InChI is InChI=1S/C22H28FN6O9P/c1-13(2)36-20(32)14(3)27-39(34,38-15-7-5-4-6-8-15)35-12-22(11-25-28-24)18(31)17(23)19(37-22)29-10-9-16(30)26-21(29)33/h4-10,13-14,17-19,31H,11-12H2,1-3H3,(H,27,34)(H,26,30,33)/t14?,17-,18+,19?,22-,39?/m1/s1. The lowest BCUT2D eigenvalue weighted by Crippen LogP contribution is -2.49. The van der Waals surface area contributed by atoms with Crippen LogP contribution in [-0.2, 0) is 23.4 Å². The Morgan fingerprint density at radius 3 is 2.64 bits per heavy atom. The Morgan fingerprint density at radius 1 is 1.33 bits per heavy atom. The second kappa shape index (κ2) is 12.6. The van der Waals surface area contributed by atoms with Gasteiger partial charge in [-0.2, -0.15) is 5.09 Å². The van der Waals surface area contributed by atoms with Gasteiger partial charge in [0, 0.05) is 17.2 Å². The van der Waals surface area contributed by atoms with Crippen LogP contribution < -0.4 is 20.9 Å². The molecular formula is C22H28FN6O9P. The number of hydrogen-bond donors (Lipinski definition) is 3. The molecule has 17 heteroatoms. The van der Waals surface area contributed by atoms with E-state index in [9.17, 15) is 24.1 Å². The summed E-state index contributed by atoms with van der Waals surface area (Å²) in [6.07, 6.45) is -5.61. The summed E-state index contributed by atoms with van der Waals surface area (Å²) < 4.78 is 51.6. The molecule has 15 nitrogen and oxygen atoms in total. The summed E-state index contributed by atoms with van der Waals surface area (Å²) in [5.74, 6) is -0.691. The molecule has 2 aromatic rings. The number of nitrogens with one attached hydrogen (secondary N) is 2. The molecule has 6 atom stereocenters. The molecule has 1 aliphatic heterocycles. The molecule has 0 spiro atoms. The van der Waals surface area contributed by atoms with Crippen molar-refractivity contribution in [3.8, 4) is 5.75 Å². The number of halogens is 1. The quantitative estimate of drug-likeness (QED) is 0.111. The lowest BCUT2D eigenvalue weighted by molar-refractivity contribution is -0.149. The minimum atomic E-state index is -4.49. The third-order valence-electron chi connectivity index (χ3n) is 5.50. The molecule has 0 bridgehead atoms. The van der Waals surface area contributed by atoms with Crippen LogP contribution in [-0.4, -0.2) is 63.8 Å². The molecule has 0 radical (unpaired) electrons. The van der Waals surface area contributed by atoms with Crippen LogP contribution in [0.3, 0.4) is 0 Å². The first-order chi connectivity index (χ1) is 18.4. The lowest BCUT2D eigenvalue weighted by atomic mass is 9.97. The molecule has 2 heterocycles. The zero-order valence-corrected chi connectivity index (χ0v) is 22.1. The van der Waals surface area contributed by atoms with Gasteiger partial charge in [0.15, 0.2) is 12.4 Å². The zero-order chi connectivity index (χ0) is 28.8. The summed E-state index contributed by atoms with van der Waals surface area (Å²) in [7, 11) is -4.49. The number of esters is 1. The number of ether oxygens (including phenoxy) is 2. The fourth-order valence-electron chi connectivity index (χ4n) is 3.63. The van der Waals surface area contributed by atoms with Crippen LogP contribution in [0.5, 0.6) is 5.75 Å². The van der Waals surface area contributed by atoms with E-state index >= 15 is 4.39 Å². The third-order valence-corrected chi connectivity index (χ3v) is 7.12. The van der Waals surface area contributed by atoms with Gasteiger partial charge in [-0.1, -0.05) is 23.3 Å². The highest BCUT2D eigenvalue weighted by Crippen LogP contribution is 2.48. The maximum atomic E-state index is 15.3. The number of aromatic nitrogens is 2. The van der Waals surface area contributed by atoms with Crippen molar-refractivity contribution >= 4 is 13.7 Å². The van der Waals surface area contributed by atoms with Crippen molar-refractivity contribution < 1.29 is 37.4 Å². The first-order valence-corrected chi connectivity index (χ1v) is 13.2. The van der Waals surface area contributed by atoms with E-state index in [0.29, 0.717) is 4.57 Å². The summed E-state index contributed by atoms with van der Waals surface area (Å²) in [6, 6.07) is 7.51. The van der Waals surface area contributed by atoms with E-state index in [1.165, 1.54) is 19.1 Å². The number of aliphatic hydroxyl groups excluding tert-OH is 1. The van der Waals surface area contributed by atoms with Gasteiger partial charge in [0.2, 0.25) is 0 Å². The second-order valence-electron chi connectivity index (χ2n) is 8.88. The van der Waals surface area contributed by atoms with E-state index in [2.05, 4.69) is 15.1 Å². The number of benzene rings is 1. The number of H-pyrrole nitrogens is 1. The summed E-state index contributed by atoms with van der Waals surface area (Å²) >= 11 is 0. The van der Waals surface area contributed by atoms with Gasteiger partial charge in [0.25, 0.3) is 5.56 Å². The highest BCUT2D eigenvalue weighted by atomic mass is 31.2. The summed E-state index contributed by atoms with van der Waals surface area (Å²) in [5, 5.41) is 16.6. The number of azide groups is 1. The number of para-hydroxylation sites is 1. The Balaban J connectivity index is 1.93. The monoisotopic (exact) mass is 570 g/mol. The van der Waals surface area contributed by atoms with Crippen LogP contribution in [0.2, 0.25) is 0 Å². The molecule has 1 aliphatic rings. The number of alkyl halides is 1. The molecule has 3 unspecified atom stereocenters.